The van der Waals surface area contributed by atoms with E-state index in [1.807, 2.05) is 64.1 Å². The Morgan fingerprint density at radius 1 is 1.03 bits per heavy atom. The molecule has 0 heterocycles. The van der Waals surface area contributed by atoms with Gasteiger partial charge in [0.1, 0.15) is 5.03 Å². The van der Waals surface area contributed by atoms with Gasteiger partial charge in [0.25, 0.3) is 0 Å². The molecule has 0 unspecified atom stereocenters. The summed E-state index contributed by atoms with van der Waals surface area (Å²) in [5.74, 6) is 4.76. The minimum Gasteiger partial charge on any atom is -0.461 e. The number of benzene rings is 2. The lowest BCUT2D eigenvalue weighted by molar-refractivity contribution is -0.139. The zero-order valence-electron chi connectivity index (χ0n) is 17.7. The Hall–Kier alpha value is -2.95. The number of nitrogens with one attached hydrogen (secondary N) is 1. The van der Waals surface area contributed by atoms with Crippen molar-refractivity contribution in [1.29, 1.82) is 5.26 Å². The van der Waals surface area contributed by atoms with Crippen LogP contribution in [0.25, 0.3) is 11.1 Å². The number of hydrogen-bond acceptors (Lipinski definition) is 7. The number of nitrogens with zero attached hydrogens (tertiary/aromatic N) is 1. The maximum absolute atomic E-state index is 11.8. The van der Waals surface area contributed by atoms with Crippen LogP contribution in [0.3, 0.4) is 0 Å². The Balaban J connectivity index is 0.00000184. The van der Waals surface area contributed by atoms with E-state index < -0.39 is 5.97 Å². The van der Waals surface area contributed by atoms with Gasteiger partial charge in [0.2, 0.25) is 0 Å². The highest BCUT2D eigenvalue weighted by atomic mass is 32.2. The summed E-state index contributed by atoms with van der Waals surface area (Å²) in [4.78, 5) is 12.6. The van der Waals surface area contributed by atoms with Gasteiger partial charge in [0, 0.05) is 4.90 Å². The number of ether oxygens (including phenoxy) is 1. The van der Waals surface area contributed by atoms with Gasteiger partial charge in [0.15, 0.2) is 5.70 Å². The minimum atomic E-state index is -0.593. The van der Waals surface area contributed by atoms with Crippen molar-refractivity contribution in [2.75, 3.05) is 6.61 Å². The third kappa shape index (κ3) is 8.30. The van der Waals surface area contributed by atoms with Crippen LogP contribution in [0.15, 0.2) is 64.2 Å². The number of thioether (sulfide) groups is 1. The topological polar surface area (TPSA) is 114 Å². The zero-order valence-corrected chi connectivity index (χ0v) is 18.5. The highest BCUT2D eigenvalue weighted by Gasteiger charge is 2.14. The molecule has 0 saturated heterocycles. The Morgan fingerprint density at radius 2 is 1.52 bits per heavy atom. The minimum absolute atomic E-state index is 0.0306. The molecular formula is C22H30N4O2S. The molecular weight excluding hydrogens is 384 g/mol. The van der Waals surface area contributed by atoms with Crippen LogP contribution in [0.2, 0.25) is 0 Å². The van der Waals surface area contributed by atoms with Crippen molar-refractivity contribution >= 4 is 17.7 Å². The fourth-order valence-electron chi connectivity index (χ4n) is 2.06. The summed E-state index contributed by atoms with van der Waals surface area (Å²) in [6.07, 6.45) is 0. The molecule has 0 aliphatic heterocycles. The predicted molar refractivity (Wildman–Crippen MR) is 120 cm³/mol. The van der Waals surface area contributed by atoms with Crippen LogP contribution in [-0.2, 0) is 9.53 Å². The number of hydrogen-bond donors (Lipinski definition) is 3. The van der Waals surface area contributed by atoms with Gasteiger partial charge in [-0.05, 0) is 42.3 Å². The molecule has 7 heteroatoms. The normalized spacial score (nSPS) is 10.1. The molecule has 0 radical (unpaired) electrons. The van der Waals surface area contributed by atoms with Gasteiger partial charge in [0.05, 0.1) is 18.2 Å². The van der Waals surface area contributed by atoms with Gasteiger partial charge >= 0.3 is 5.97 Å². The van der Waals surface area contributed by atoms with Gasteiger partial charge in [-0.25, -0.2) is 4.79 Å². The second-order valence-corrected chi connectivity index (χ2v) is 6.04. The number of carbonyl (C=O) groups is 1. The molecule has 0 spiro atoms. The predicted octanol–water partition coefficient (Wildman–Crippen LogP) is 4.52. The van der Waals surface area contributed by atoms with E-state index in [0.717, 1.165) is 16.0 Å². The molecule has 0 atom stereocenters. The average molecular weight is 415 g/mol. The third-order valence-electron chi connectivity index (χ3n) is 3.30. The number of hydrazine groups is 1. The number of esters is 1. The van der Waals surface area contributed by atoms with E-state index in [1.165, 1.54) is 11.8 Å². The molecule has 29 heavy (non-hydrogen) atoms. The quantitative estimate of drug-likeness (QED) is 0.209. The Bertz CT molecular complexity index is 810. The lowest BCUT2D eigenvalue weighted by Gasteiger charge is -2.10. The van der Waals surface area contributed by atoms with Crippen LogP contribution in [0.1, 0.15) is 40.2 Å². The first-order chi connectivity index (χ1) is 14.1. The highest BCUT2D eigenvalue weighted by molar-refractivity contribution is 8.03. The molecule has 2 aromatic carbocycles. The summed E-state index contributed by atoms with van der Waals surface area (Å²) in [6.45, 7) is 9.94. The van der Waals surface area contributed by atoms with E-state index in [4.69, 9.17) is 21.6 Å². The lowest BCUT2D eigenvalue weighted by atomic mass is 10.0. The standard InChI is InChI=1S/C18H18N4O2S.2C2H6/c1-2-24-18(23)16(22-21)17(20)25-15-9-7-14(8-10-15)13-5-3-12(11-19)4-6-13;2*1-2/h3-10,22H,2,20-21H2,1H3;2*1-2H3/b17-16+;;. The Labute approximate surface area is 177 Å². The molecule has 156 valence electrons. The molecule has 0 saturated carbocycles. The monoisotopic (exact) mass is 414 g/mol. The van der Waals surface area contributed by atoms with Crippen LogP contribution in [-0.4, -0.2) is 12.6 Å². The van der Waals surface area contributed by atoms with Crippen LogP contribution < -0.4 is 17.0 Å². The molecule has 0 bridgehead atoms. The van der Waals surface area contributed by atoms with Crippen molar-refractivity contribution in [2.24, 2.45) is 11.6 Å². The van der Waals surface area contributed by atoms with Crippen LogP contribution in [0.4, 0.5) is 0 Å². The summed E-state index contributed by atoms with van der Waals surface area (Å²) < 4.78 is 4.89. The van der Waals surface area contributed by atoms with Gasteiger partial charge in [-0.3, -0.25) is 5.84 Å². The number of nitriles is 1. The zero-order chi connectivity index (χ0) is 22.2. The fraction of sp³-hybridized carbons (Fsp3) is 0.273. The van der Waals surface area contributed by atoms with E-state index >= 15 is 0 Å². The maximum Gasteiger partial charge on any atom is 0.358 e. The Kier molecular flexibility index (Phi) is 13.5. The molecule has 0 aliphatic rings. The van der Waals surface area contributed by atoms with Crippen molar-refractivity contribution in [3.63, 3.8) is 0 Å². The molecule has 2 rings (SSSR count). The second kappa shape index (κ2) is 15.0. The molecule has 2 aromatic rings. The summed E-state index contributed by atoms with van der Waals surface area (Å²) in [7, 11) is 0. The number of nitrogens with two attached hydrogens (primary N) is 2. The molecule has 0 amide bonds. The molecule has 0 fully saturated rings. The van der Waals surface area contributed by atoms with Crippen molar-refractivity contribution < 1.29 is 9.53 Å². The van der Waals surface area contributed by atoms with Gasteiger partial charge in [-0.15, -0.1) is 0 Å². The second-order valence-electron chi connectivity index (χ2n) is 4.92. The fourth-order valence-corrected chi connectivity index (χ4v) is 2.83. The number of rotatable bonds is 6. The van der Waals surface area contributed by atoms with E-state index in [2.05, 4.69) is 11.5 Å². The van der Waals surface area contributed by atoms with E-state index in [-0.39, 0.29) is 17.3 Å². The highest BCUT2D eigenvalue weighted by Crippen LogP contribution is 2.28. The van der Waals surface area contributed by atoms with Crippen LogP contribution in [0, 0.1) is 11.3 Å². The first-order valence-electron chi connectivity index (χ1n) is 9.51. The maximum atomic E-state index is 11.8. The summed E-state index contributed by atoms with van der Waals surface area (Å²) in [5, 5.41) is 9.07. The van der Waals surface area contributed by atoms with E-state index in [1.54, 1.807) is 19.1 Å². The molecule has 0 aromatic heterocycles. The first-order valence-corrected chi connectivity index (χ1v) is 10.3. The van der Waals surface area contributed by atoms with Crippen molar-refractivity contribution in [1.82, 2.24) is 5.43 Å². The molecule has 0 aliphatic carbocycles. The van der Waals surface area contributed by atoms with Gasteiger partial charge in [-0.2, -0.15) is 5.26 Å². The van der Waals surface area contributed by atoms with Crippen molar-refractivity contribution in [3.05, 3.63) is 64.8 Å². The van der Waals surface area contributed by atoms with Gasteiger partial charge < -0.3 is 15.9 Å². The lowest BCUT2D eigenvalue weighted by Crippen LogP contribution is -2.30. The average Bonchev–Trinajstić information content (AvgIpc) is 2.78. The first kappa shape index (κ1) is 26.1. The molecule has 6 nitrogen and oxygen atoms in total. The van der Waals surface area contributed by atoms with Crippen molar-refractivity contribution in [2.45, 2.75) is 39.5 Å². The van der Waals surface area contributed by atoms with Gasteiger partial charge in [-0.1, -0.05) is 63.7 Å². The van der Waals surface area contributed by atoms with Crippen LogP contribution in [0.5, 0.6) is 0 Å². The molecule has 5 N–H and O–H groups in total. The Morgan fingerprint density at radius 3 is 1.93 bits per heavy atom. The summed E-state index contributed by atoms with van der Waals surface area (Å²) in [5.41, 5.74) is 10.9. The largest absolute Gasteiger partial charge is 0.461 e. The SMILES string of the molecule is CC.CC.CCOC(=O)/C(NN)=C(/N)Sc1ccc(-c2ccc(C#N)cc2)cc1. The van der Waals surface area contributed by atoms with E-state index in [9.17, 15) is 4.79 Å². The number of carbonyl (C=O) groups excluding carboxylic acids is 1. The third-order valence-corrected chi connectivity index (χ3v) is 4.23. The van der Waals surface area contributed by atoms with Crippen LogP contribution >= 0.6 is 11.8 Å². The van der Waals surface area contributed by atoms with E-state index in [0.29, 0.717) is 5.56 Å². The summed E-state index contributed by atoms with van der Waals surface area (Å²) in [6, 6.07) is 17.1. The smallest absolute Gasteiger partial charge is 0.358 e. The van der Waals surface area contributed by atoms with Crippen molar-refractivity contribution in [3.8, 4) is 17.2 Å². The summed E-state index contributed by atoms with van der Waals surface area (Å²) >= 11 is 1.21.